The van der Waals surface area contributed by atoms with Crippen LogP contribution in [0.4, 0.5) is 0 Å². The molecular weight excluding hydrogens is 284 g/mol. The van der Waals surface area contributed by atoms with Gasteiger partial charge in [-0.1, -0.05) is 24.3 Å². The van der Waals surface area contributed by atoms with E-state index in [1.165, 1.54) is 18.7 Å². The van der Waals surface area contributed by atoms with Crippen molar-refractivity contribution in [3.8, 4) is 0 Å². The summed E-state index contributed by atoms with van der Waals surface area (Å²) in [6, 6.07) is 0. The molecule has 0 aliphatic carbocycles. The standard InChI is InChI=1S/C16H22N2O4/c1-11(14(20)16(2,3)15(17)21)7-5-4-6-8-12(19)13-9-18-10-22-13/h4-10,12,14,19-20H,1-3H3,(H2,17,21)/b5-4+,8-6+,11-7+. The molecule has 1 rings (SSSR count). The van der Waals surface area contributed by atoms with E-state index in [1.54, 1.807) is 45.1 Å². The molecule has 6 heteroatoms. The lowest BCUT2D eigenvalue weighted by atomic mass is 9.82. The highest BCUT2D eigenvalue weighted by Gasteiger charge is 2.34. The van der Waals surface area contributed by atoms with E-state index in [2.05, 4.69) is 4.98 Å². The maximum absolute atomic E-state index is 11.3. The minimum atomic E-state index is -1.03. The number of nitrogens with zero attached hydrogens (tertiary/aromatic N) is 1. The number of primary amides is 1. The topological polar surface area (TPSA) is 110 Å². The summed E-state index contributed by atoms with van der Waals surface area (Å²) in [5.41, 5.74) is 4.85. The summed E-state index contributed by atoms with van der Waals surface area (Å²) in [5, 5.41) is 19.8. The van der Waals surface area contributed by atoms with Crippen LogP contribution in [0.1, 0.15) is 32.6 Å². The van der Waals surface area contributed by atoms with Crippen molar-refractivity contribution in [2.24, 2.45) is 11.1 Å². The van der Waals surface area contributed by atoms with Crippen LogP contribution in [0.15, 0.2) is 53.0 Å². The Balaban J connectivity index is 2.61. The molecule has 2 unspecified atom stereocenters. The van der Waals surface area contributed by atoms with Crippen LogP contribution in [0.2, 0.25) is 0 Å². The summed E-state index contributed by atoms with van der Waals surface area (Å²) < 4.78 is 4.96. The van der Waals surface area contributed by atoms with E-state index in [1.807, 2.05) is 0 Å². The third kappa shape index (κ3) is 4.68. The SMILES string of the molecule is C\C(=C/C=C/C=C/C(O)c1cnco1)C(O)C(C)(C)C(N)=O. The van der Waals surface area contributed by atoms with Crippen LogP contribution < -0.4 is 5.73 Å². The van der Waals surface area contributed by atoms with Gasteiger partial charge in [-0.05, 0) is 32.4 Å². The number of aliphatic hydroxyl groups is 2. The van der Waals surface area contributed by atoms with Crippen molar-refractivity contribution in [2.45, 2.75) is 33.0 Å². The first-order valence-corrected chi connectivity index (χ1v) is 6.83. The van der Waals surface area contributed by atoms with Gasteiger partial charge in [-0.2, -0.15) is 0 Å². The highest BCUT2D eigenvalue weighted by Crippen LogP contribution is 2.25. The molecule has 0 saturated heterocycles. The van der Waals surface area contributed by atoms with Crippen LogP contribution >= 0.6 is 0 Å². The fourth-order valence-corrected chi connectivity index (χ4v) is 1.70. The van der Waals surface area contributed by atoms with Crippen LogP contribution in [-0.4, -0.2) is 27.2 Å². The molecule has 1 aromatic heterocycles. The lowest BCUT2D eigenvalue weighted by Crippen LogP contribution is -2.42. The third-order valence-electron chi connectivity index (χ3n) is 3.37. The fraction of sp³-hybridized carbons (Fsp3) is 0.375. The second-order valence-electron chi connectivity index (χ2n) is 5.52. The molecule has 1 heterocycles. The van der Waals surface area contributed by atoms with Gasteiger partial charge in [0.1, 0.15) is 6.10 Å². The average molecular weight is 306 g/mol. The Bertz CT molecular complexity index is 571. The second-order valence-corrected chi connectivity index (χ2v) is 5.52. The third-order valence-corrected chi connectivity index (χ3v) is 3.37. The molecule has 4 N–H and O–H groups in total. The number of allylic oxidation sites excluding steroid dienone is 4. The zero-order valence-corrected chi connectivity index (χ0v) is 12.9. The number of rotatable bonds is 7. The molecule has 0 aliphatic heterocycles. The number of carbonyl (C=O) groups excluding carboxylic acids is 1. The summed E-state index contributed by atoms with van der Waals surface area (Å²) in [7, 11) is 0. The first kappa shape index (κ1) is 17.9. The van der Waals surface area contributed by atoms with E-state index in [0.717, 1.165) is 0 Å². The summed E-state index contributed by atoms with van der Waals surface area (Å²) in [5.74, 6) is -0.207. The number of hydrogen-bond acceptors (Lipinski definition) is 5. The second kappa shape index (κ2) is 7.72. The zero-order valence-electron chi connectivity index (χ0n) is 12.9. The van der Waals surface area contributed by atoms with Crippen molar-refractivity contribution >= 4 is 5.91 Å². The van der Waals surface area contributed by atoms with E-state index >= 15 is 0 Å². The molecule has 0 radical (unpaired) electrons. The van der Waals surface area contributed by atoms with Crippen molar-refractivity contribution in [3.05, 3.63) is 54.3 Å². The first-order chi connectivity index (χ1) is 10.3. The van der Waals surface area contributed by atoms with Gasteiger partial charge in [0.2, 0.25) is 5.91 Å². The molecule has 22 heavy (non-hydrogen) atoms. The molecule has 2 atom stereocenters. The van der Waals surface area contributed by atoms with Crippen molar-refractivity contribution < 1.29 is 19.4 Å². The van der Waals surface area contributed by atoms with Gasteiger partial charge in [-0.3, -0.25) is 4.79 Å². The zero-order chi connectivity index (χ0) is 16.8. The molecule has 0 fully saturated rings. The molecule has 0 aliphatic rings. The van der Waals surface area contributed by atoms with Crippen molar-refractivity contribution in [2.75, 3.05) is 0 Å². The molecule has 120 valence electrons. The summed E-state index contributed by atoms with van der Waals surface area (Å²) in [6.07, 6.45) is 9.09. The normalized spacial score (nSPS) is 16.3. The van der Waals surface area contributed by atoms with E-state index in [-0.39, 0.29) is 0 Å². The predicted molar refractivity (Wildman–Crippen MR) is 82.5 cm³/mol. The number of aromatic nitrogens is 1. The molecule has 0 saturated carbocycles. The number of hydrogen-bond donors (Lipinski definition) is 3. The molecule has 0 bridgehead atoms. The highest BCUT2D eigenvalue weighted by molar-refractivity contribution is 5.81. The quantitative estimate of drug-likeness (QED) is 0.663. The van der Waals surface area contributed by atoms with E-state index in [4.69, 9.17) is 10.2 Å². The molecule has 0 spiro atoms. The molecular formula is C16H22N2O4. The smallest absolute Gasteiger partial charge is 0.226 e. The summed E-state index contributed by atoms with van der Waals surface area (Å²) in [4.78, 5) is 15.0. The molecule has 1 aromatic rings. The Hall–Kier alpha value is -2.18. The minimum Gasteiger partial charge on any atom is -0.445 e. The van der Waals surface area contributed by atoms with Gasteiger partial charge in [0.15, 0.2) is 12.2 Å². The van der Waals surface area contributed by atoms with E-state index in [9.17, 15) is 15.0 Å². The number of nitrogens with two attached hydrogens (primary N) is 1. The highest BCUT2D eigenvalue weighted by atomic mass is 16.4. The maximum atomic E-state index is 11.3. The van der Waals surface area contributed by atoms with Crippen molar-refractivity contribution in [3.63, 3.8) is 0 Å². The predicted octanol–water partition coefficient (Wildman–Crippen LogP) is 1.64. The van der Waals surface area contributed by atoms with Crippen LogP contribution in [0.5, 0.6) is 0 Å². The van der Waals surface area contributed by atoms with Crippen molar-refractivity contribution in [1.29, 1.82) is 0 Å². The summed E-state index contributed by atoms with van der Waals surface area (Å²) >= 11 is 0. The Kier molecular flexibility index (Phi) is 6.27. The van der Waals surface area contributed by atoms with Gasteiger partial charge >= 0.3 is 0 Å². The Labute approximate surface area is 129 Å². The van der Waals surface area contributed by atoms with Gasteiger partial charge in [0, 0.05) is 0 Å². The average Bonchev–Trinajstić information content (AvgIpc) is 2.99. The van der Waals surface area contributed by atoms with Gasteiger partial charge in [-0.25, -0.2) is 4.98 Å². The summed E-state index contributed by atoms with van der Waals surface area (Å²) in [6.45, 7) is 4.90. The van der Waals surface area contributed by atoms with Crippen LogP contribution in [0.3, 0.4) is 0 Å². The van der Waals surface area contributed by atoms with Crippen LogP contribution in [-0.2, 0) is 4.79 Å². The van der Waals surface area contributed by atoms with Gasteiger partial charge < -0.3 is 20.4 Å². The van der Waals surface area contributed by atoms with Gasteiger partial charge in [0.05, 0.1) is 17.7 Å². The Morgan fingerprint density at radius 1 is 1.36 bits per heavy atom. The number of amides is 1. The monoisotopic (exact) mass is 306 g/mol. The molecule has 0 aromatic carbocycles. The largest absolute Gasteiger partial charge is 0.445 e. The minimum absolute atomic E-state index is 0.356. The van der Waals surface area contributed by atoms with E-state index in [0.29, 0.717) is 11.3 Å². The van der Waals surface area contributed by atoms with Crippen LogP contribution in [0.25, 0.3) is 0 Å². The molecule has 6 nitrogen and oxygen atoms in total. The van der Waals surface area contributed by atoms with Gasteiger partial charge in [-0.15, -0.1) is 0 Å². The first-order valence-electron chi connectivity index (χ1n) is 6.83. The van der Waals surface area contributed by atoms with E-state index < -0.39 is 23.5 Å². The maximum Gasteiger partial charge on any atom is 0.226 e. The van der Waals surface area contributed by atoms with Gasteiger partial charge in [0.25, 0.3) is 0 Å². The fourth-order valence-electron chi connectivity index (χ4n) is 1.70. The lowest BCUT2D eigenvalue weighted by Gasteiger charge is -2.27. The number of carbonyl (C=O) groups is 1. The van der Waals surface area contributed by atoms with Crippen molar-refractivity contribution in [1.82, 2.24) is 4.98 Å². The Morgan fingerprint density at radius 2 is 2.05 bits per heavy atom. The molecule has 1 amide bonds. The number of oxazole rings is 1. The Morgan fingerprint density at radius 3 is 2.59 bits per heavy atom. The van der Waals surface area contributed by atoms with Crippen LogP contribution in [0, 0.1) is 5.41 Å². The lowest BCUT2D eigenvalue weighted by molar-refractivity contribution is -0.130. The number of aliphatic hydroxyl groups excluding tert-OH is 2.